The van der Waals surface area contributed by atoms with Crippen molar-refractivity contribution in [3.05, 3.63) is 66.1 Å². The molecular formula is C17H15N3O. The van der Waals surface area contributed by atoms with E-state index in [-0.39, 0.29) is 5.78 Å². The molecule has 0 radical (unpaired) electrons. The zero-order valence-electron chi connectivity index (χ0n) is 11.9. The number of aromatic nitrogens is 3. The highest BCUT2D eigenvalue weighted by molar-refractivity contribution is 6.07. The van der Waals surface area contributed by atoms with Crippen LogP contribution in [0.15, 0.2) is 60.4 Å². The van der Waals surface area contributed by atoms with Crippen molar-refractivity contribution >= 4 is 16.7 Å². The van der Waals surface area contributed by atoms with Gasteiger partial charge in [-0.25, -0.2) is 9.97 Å². The van der Waals surface area contributed by atoms with Crippen LogP contribution in [-0.4, -0.2) is 20.3 Å². The van der Waals surface area contributed by atoms with Crippen LogP contribution in [0.2, 0.25) is 0 Å². The Labute approximate surface area is 122 Å². The van der Waals surface area contributed by atoms with E-state index in [2.05, 4.69) is 9.97 Å². The van der Waals surface area contributed by atoms with Crippen molar-refractivity contribution in [2.24, 2.45) is 0 Å². The number of ketones is 1. The van der Waals surface area contributed by atoms with Gasteiger partial charge < -0.3 is 0 Å². The SMILES string of the molecule is CC(C)=CC(=O)c1cc2ccccc2n1-c1ncccn1. The lowest BCUT2D eigenvalue weighted by Crippen LogP contribution is -2.08. The highest BCUT2D eigenvalue weighted by Gasteiger charge is 2.16. The summed E-state index contributed by atoms with van der Waals surface area (Å²) in [7, 11) is 0. The van der Waals surface area contributed by atoms with E-state index < -0.39 is 0 Å². The van der Waals surface area contributed by atoms with Gasteiger partial charge in [-0.3, -0.25) is 9.36 Å². The zero-order chi connectivity index (χ0) is 14.8. The number of carbonyl (C=O) groups excluding carboxylic acids is 1. The first-order chi connectivity index (χ1) is 10.2. The van der Waals surface area contributed by atoms with E-state index >= 15 is 0 Å². The number of hydrogen-bond donors (Lipinski definition) is 0. The molecule has 21 heavy (non-hydrogen) atoms. The molecule has 0 saturated heterocycles. The maximum Gasteiger partial charge on any atom is 0.234 e. The van der Waals surface area contributed by atoms with Crippen LogP contribution in [-0.2, 0) is 0 Å². The van der Waals surface area contributed by atoms with Crippen molar-refractivity contribution in [1.82, 2.24) is 14.5 Å². The van der Waals surface area contributed by atoms with E-state index in [4.69, 9.17) is 0 Å². The van der Waals surface area contributed by atoms with E-state index in [0.29, 0.717) is 11.6 Å². The molecule has 0 spiro atoms. The molecule has 3 rings (SSSR count). The number of nitrogens with zero attached hydrogens (tertiary/aromatic N) is 3. The molecular weight excluding hydrogens is 262 g/mol. The molecule has 0 saturated carbocycles. The molecule has 0 aliphatic carbocycles. The Morgan fingerprint density at radius 2 is 1.81 bits per heavy atom. The van der Waals surface area contributed by atoms with Gasteiger partial charge in [-0.15, -0.1) is 0 Å². The minimum absolute atomic E-state index is 0.0429. The number of hydrogen-bond acceptors (Lipinski definition) is 3. The highest BCUT2D eigenvalue weighted by Crippen LogP contribution is 2.23. The van der Waals surface area contributed by atoms with Gasteiger partial charge in [0.2, 0.25) is 11.7 Å². The third-order valence-electron chi connectivity index (χ3n) is 3.14. The Kier molecular flexibility index (Phi) is 3.36. The van der Waals surface area contributed by atoms with Crippen LogP contribution in [0.3, 0.4) is 0 Å². The molecule has 0 atom stereocenters. The Balaban J connectivity index is 2.29. The van der Waals surface area contributed by atoms with Crippen molar-refractivity contribution < 1.29 is 4.79 Å². The molecule has 2 aromatic heterocycles. The zero-order valence-corrected chi connectivity index (χ0v) is 11.9. The van der Waals surface area contributed by atoms with Crippen LogP contribution in [0.25, 0.3) is 16.9 Å². The smallest absolute Gasteiger partial charge is 0.234 e. The Hall–Kier alpha value is -2.75. The summed E-state index contributed by atoms with van der Waals surface area (Å²) in [5.41, 5.74) is 2.46. The van der Waals surface area contributed by atoms with Crippen molar-refractivity contribution in [2.45, 2.75) is 13.8 Å². The molecule has 4 nitrogen and oxygen atoms in total. The topological polar surface area (TPSA) is 47.8 Å². The lowest BCUT2D eigenvalue weighted by molar-refractivity contribution is 0.104. The average molecular weight is 277 g/mol. The molecule has 0 bridgehead atoms. The van der Waals surface area contributed by atoms with Crippen molar-refractivity contribution in [3.8, 4) is 5.95 Å². The molecule has 2 heterocycles. The van der Waals surface area contributed by atoms with Crippen molar-refractivity contribution in [2.75, 3.05) is 0 Å². The summed E-state index contributed by atoms with van der Waals surface area (Å²) in [4.78, 5) is 21.0. The highest BCUT2D eigenvalue weighted by atomic mass is 16.1. The minimum Gasteiger partial charge on any atom is -0.288 e. The average Bonchev–Trinajstić information content (AvgIpc) is 2.87. The fourth-order valence-electron chi connectivity index (χ4n) is 2.29. The number of rotatable bonds is 3. The first kappa shape index (κ1) is 13.2. The van der Waals surface area contributed by atoms with Gasteiger partial charge in [0.1, 0.15) is 0 Å². The van der Waals surface area contributed by atoms with Crippen molar-refractivity contribution in [3.63, 3.8) is 0 Å². The van der Waals surface area contributed by atoms with Crippen LogP contribution in [0, 0.1) is 0 Å². The molecule has 0 unspecified atom stereocenters. The molecule has 0 fully saturated rings. The summed E-state index contributed by atoms with van der Waals surface area (Å²) >= 11 is 0. The largest absolute Gasteiger partial charge is 0.288 e. The molecule has 104 valence electrons. The van der Waals surface area contributed by atoms with Gasteiger partial charge >= 0.3 is 0 Å². The van der Waals surface area contributed by atoms with E-state index in [1.807, 2.05) is 44.2 Å². The van der Waals surface area contributed by atoms with Crippen LogP contribution in [0.5, 0.6) is 0 Å². The first-order valence-corrected chi connectivity index (χ1v) is 6.74. The molecule has 0 amide bonds. The summed E-state index contributed by atoms with van der Waals surface area (Å²) in [5, 5.41) is 0.996. The second-order valence-electron chi connectivity index (χ2n) is 5.06. The van der Waals surface area contributed by atoms with E-state index in [1.54, 1.807) is 29.1 Å². The number of allylic oxidation sites excluding steroid dienone is 2. The molecule has 0 aliphatic heterocycles. The monoisotopic (exact) mass is 277 g/mol. The van der Waals surface area contributed by atoms with Gasteiger partial charge in [0.05, 0.1) is 11.2 Å². The second-order valence-corrected chi connectivity index (χ2v) is 5.06. The third kappa shape index (κ3) is 2.48. The van der Waals surface area contributed by atoms with Gasteiger partial charge in [0, 0.05) is 17.8 Å². The minimum atomic E-state index is -0.0429. The summed E-state index contributed by atoms with van der Waals surface area (Å²) in [6, 6.07) is 11.5. The van der Waals surface area contributed by atoms with Gasteiger partial charge in [-0.2, -0.15) is 0 Å². The van der Waals surface area contributed by atoms with E-state index in [1.165, 1.54) is 0 Å². The predicted molar refractivity (Wildman–Crippen MR) is 82.6 cm³/mol. The van der Waals surface area contributed by atoms with Gasteiger partial charge in [0.25, 0.3) is 0 Å². The summed E-state index contributed by atoms with van der Waals surface area (Å²) in [5.74, 6) is 0.461. The van der Waals surface area contributed by atoms with Crippen molar-refractivity contribution in [1.29, 1.82) is 0 Å². The number of fused-ring (bicyclic) bond motifs is 1. The maximum absolute atomic E-state index is 12.5. The third-order valence-corrected chi connectivity index (χ3v) is 3.14. The van der Waals surface area contributed by atoms with Crippen LogP contribution >= 0.6 is 0 Å². The van der Waals surface area contributed by atoms with Crippen LogP contribution in [0.1, 0.15) is 24.3 Å². The normalized spacial score (nSPS) is 10.6. The number of para-hydroxylation sites is 1. The number of benzene rings is 1. The number of carbonyl (C=O) groups is 1. The lowest BCUT2D eigenvalue weighted by Gasteiger charge is -2.06. The second kappa shape index (κ2) is 5.32. The summed E-state index contributed by atoms with van der Waals surface area (Å²) in [6.45, 7) is 3.81. The quantitative estimate of drug-likeness (QED) is 0.543. The fourth-order valence-corrected chi connectivity index (χ4v) is 2.29. The van der Waals surface area contributed by atoms with Crippen LogP contribution < -0.4 is 0 Å². The molecule has 3 aromatic rings. The van der Waals surface area contributed by atoms with E-state index in [9.17, 15) is 4.79 Å². The van der Waals surface area contributed by atoms with Crippen LogP contribution in [0.4, 0.5) is 0 Å². The predicted octanol–water partition coefficient (Wildman–Crippen LogP) is 3.57. The Morgan fingerprint density at radius 1 is 1.10 bits per heavy atom. The maximum atomic E-state index is 12.5. The summed E-state index contributed by atoms with van der Waals surface area (Å²) in [6.07, 6.45) is 4.98. The Bertz CT molecular complexity index is 828. The standard InChI is InChI=1S/C17H15N3O/c1-12(2)10-16(21)15-11-13-6-3-4-7-14(13)20(15)17-18-8-5-9-19-17/h3-11H,1-2H3. The molecule has 0 N–H and O–H groups in total. The van der Waals surface area contributed by atoms with E-state index in [0.717, 1.165) is 16.5 Å². The van der Waals surface area contributed by atoms with Gasteiger partial charge in [0.15, 0.2) is 0 Å². The molecule has 4 heteroatoms. The Morgan fingerprint density at radius 3 is 2.52 bits per heavy atom. The molecule has 1 aromatic carbocycles. The lowest BCUT2D eigenvalue weighted by atomic mass is 10.2. The summed E-state index contributed by atoms with van der Waals surface area (Å²) < 4.78 is 1.80. The fraction of sp³-hybridized carbons (Fsp3) is 0.118. The van der Waals surface area contributed by atoms with Gasteiger partial charge in [-0.1, -0.05) is 23.8 Å². The molecule has 0 aliphatic rings. The first-order valence-electron chi connectivity index (χ1n) is 6.74. The van der Waals surface area contributed by atoms with Gasteiger partial charge in [-0.05, 0) is 38.1 Å².